The number of hydrogen-bond donors (Lipinski definition) is 2. The third kappa shape index (κ3) is 3.68. The molecule has 3 atom stereocenters. The standard InChI is InChI=1S/C13H25N3O/c1-10(11-4-3-7-16(2)9-11)15-12-5-6-13(17)14-8-12/h10-12,15H,3-9H2,1-2H3,(H,14,17). The normalized spacial score (nSPS) is 33.2. The summed E-state index contributed by atoms with van der Waals surface area (Å²) in [6, 6.07) is 1.02. The van der Waals surface area contributed by atoms with Gasteiger partial charge in [0.2, 0.25) is 5.91 Å². The van der Waals surface area contributed by atoms with Gasteiger partial charge >= 0.3 is 0 Å². The molecule has 98 valence electrons. The third-order valence-corrected chi connectivity index (χ3v) is 4.13. The van der Waals surface area contributed by atoms with Crippen molar-refractivity contribution in [3.8, 4) is 0 Å². The van der Waals surface area contributed by atoms with Gasteiger partial charge in [0.1, 0.15) is 0 Å². The second-order valence-corrected chi connectivity index (χ2v) is 5.66. The summed E-state index contributed by atoms with van der Waals surface area (Å²) in [6.07, 6.45) is 4.31. The summed E-state index contributed by atoms with van der Waals surface area (Å²) in [4.78, 5) is 13.5. The Morgan fingerprint density at radius 2 is 2.29 bits per heavy atom. The Morgan fingerprint density at radius 3 is 2.94 bits per heavy atom. The van der Waals surface area contributed by atoms with Crippen molar-refractivity contribution in [2.24, 2.45) is 5.92 Å². The summed E-state index contributed by atoms with van der Waals surface area (Å²) >= 11 is 0. The summed E-state index contributed by atoms with van der Waals surface area (Å²) in [7, 11) is 2.21. The van der Waals surface area contributed by atoms with E-state index in [1.165, 1.54) is 25.9 Å². The molecule has 3 unspecified atom stereocenters. The average molecular weight is 239 g/mol. The molecule has 0 saturated carbocycles. The minimum Gasteiger partial charge on any atom is -0.355 e. The minimum absolute atomic E-state index is 0.202. The highest BCUT2D eigenvalue weighted by Crippen LogP contribution is 2.19. The lowest BCUT2D eigenvalue weighted by Gasteiger charge is -2.36. The van der Waals surface area contributed by atoms with Crippen molar-refractivity contribution in [3.63, 3.8) is 0 Å². The molecule has 2 aliphatic rings. The van der Waals surface area contributed by atoms with Gasteiger partial charge in [-0.05, 0) is 45.7 Å². The summed E-state index contributed by atoms with van der Waals surface area (Å²) in [5.74, 6) is 0.958. The molecule has 0 aliphatic carbocycles. The Morgan fingerprint density at radius 1 is 1.47 bits per heavy atom. The van der Waals surface area contributed by atoms with Crippen molar-refractivity contribution in [3.05, 3.63) is 0 Å². The highest BCUT2D eigenvalue weighted by atomic mass is 16.1. The van der Waals surface area contributed by atoms with Crippen LogP contribution in [-0.2, 0) is 4.79 Å². The molecule has 17 heavy (non-hydrogen) atoms. The van der Waals surface area contributed by atoms with Crippen molar-refractivity contribution in [2.45, 2.75) is 44.7 Å². The number of carbonyl (C=O) groups is 1. The number of amides is 1. The van der Waals surface area contributed by atoms with E-state index in [-0.39, 0.29) is 5.91 Å². The maximum atomic E-state index is 11.1. The SMILES string of the molecule is CC(NC1CCC(=O)NC1)C1CCCN(C)C1. The molecule has 2 heterocycles. The Bertz CT molecular complexity index is 259. The van der Waals surface area contributed by atoms with Crippen molar-refractivity contribution in [1.82, 2.24) is 15.5 Å². The molecule has 1 amide bonds. The lowest BCUT2D eigenvalue weighted by molar-refractivity contribution is -0.122. The van der Waals surface area contributed by atoms with Crippen LogP contribution in [0.25, 0.3) is 0 Å². The average Bonchev–Trinajstić information content (AvgIpc) is 2.32. The van der Waals surface area contributed by atoms with E-state index in [0.29, 0.717) is 18.5 Å². The van der Waals surface area contributed by atoms with Crippen molar-refractivity contribution in [1.29, 1.82) is 0 Å². The van der Waals surface area contributed by atoms with Crippen LogP contribution in [0, 0.1) is 5.92 Å². The highest BCUT2D eigenvalue weighted by molar-refractivity contribution is 5.76. The number of rotatable bonds is 3. The first-order chi connectivity index (χ1) is 8.15. The summed E-state index contributed by atoms with van der Waals surface area (Å²) < 4.78 is 0. The Kier molecular flexibility index (Phi) is 4.40. The number of nitrogens with zero attached hydrogens (tertiary/aromatic N) is 1. The molecule has 2 aliphatic heterocycles. The van der Waals surface area contributed by atoms with Crippen LogP contribution in [0.15, 0.2) is 0 Å². The van der Waals surface area contributed by atoms with Crippen molar-refractivity contribution >= 4 is 5.91 Å². The number of nitrogens with one attached hydrogen (secondary N) is 2. The topological polar surface area (TPSA) is 44.4 Å². The van der Waals surface area contributed by atoms with E-state index >= 15 is 0 Å². The molecule has 2 N–H and O–H groups in total. The van der Waals surface area contributed by atoms with Gasteiger partial charge in [0.25, 0.3) is 0 Å². The summed E-state index contributed by atoms with van der Waals surface area (Å²) in [5, 5.41) is 6.63. The first kappa shape index (κ1) is 12.8. The molecule has 0 aromatic carbocycles. The van der Waals surface area contributed by atoms with Gasteiger partial charge in [0.15, 0.2) is 0 Å². The predicted octanol–water partition coefficient (Wildman–Crippen LogP) is 0.585. The zero-order valence-electron chi connectivity index (χ0n) is 11.0. The van der Waals surface area contributed by atoms with E-state index in [1.807, 2.05) is 0 Å². The van der Waals surface area contributed by atoms with E-state index < -0.39 is 0 Å². The zero-order chi connectivity index (χ0) is 12.3. The fourth-order valence-electron chi connectivity index (χ4n) is 3.00. The minimum atomic E-state index is 0.202. The fraction of sp³-hybridized carbons (Fsp3) is 0.923. The van der Waals surface area contributed by atoms with Gasteiger partial charge in [-0.1, -0.05) is 0 Å². The Balaban J connectivity index is 1.76. The summed E-state index contributed by atoms with van der Waals surface area (Å²) in [6.45, 7) is 5.53. The lowest BCUT2D eigenvalue weighted by atomic mass is 9.91. The molecule has 4 heteroatoms. The molecule has 2 fully saturated rings. The Hall–Kier alpha value is -0.610. The van der Waals surface area contributed by atoms with E-state index in [1.54, 1.807) is 0 Å². The van der Waals surface area contributed by atoms with Crippen LogP contribution in [0.5, 0.6) is 0 Å². The first-order valence-electron chi connectivity index (χ1n) is 6.86. The van der Waals surface area contributed by atoms with Gasteiger partial charge in [-0.15, -0.1) is 0 Å². The molecular formula is C13H25N3O. The monoisotopic (exact) mass is 239 g/mol. The Labute approximate surface area is 104 Å². The van der Waals surface area contributed by atoms with Crippen LogP contribution < -0.4 is 10.6 Å². The second kappa shape index (κ2) is 5.83. The quantitative estimate of drug-likeness (QED) is 0.757. The zero-order valence-corrected chi connectivity index (χ0v) is 11.0. The maximum absolute atomic E-state index is 11.1. The van der Waals surface area contributed by atoms with Crippen molar-refractivity contribution in [2.75, 3.05) is 26.7 Å². The lowest BCUT2D eigenvalue weighted by Crippen LogP contribution is -2.52. The van der Waals surface area contributed by atoms with Crippen molar-refractivity contribution < 1.29 is 4.79 Å². The van der Waals surface area contributed by atoms with Crippen LogP contribution in [-0.4, -0.2) is 49.6 Å². The van der Waals surface area contributed by atoms with Crippen LogP contribution in [0.2, 0.25) is 0 Å². The van der Waals surface area contributed by atoms with E-state index in [9.17, 15) is 4.79 Å². The van der Waals surface area contributed by atoms with E-state index in [0.717, 1.165) is 18.9 Å². The second-order valence-electron chi connectivity index (χ2n) is 5.66. The van der Waals surface area contributed by atoms with Gasteiger partial charge in [-0.3, -0.25) is 4.79 Å². The highest BCUT2D eigenvalue weighted by Gasteiger charge is 2.26. The molecule has 4 nitrogen and oxygen atoms in total. The molecule has 0 aromatic rings. The maximum Gasteiger partial charge on any atom is 0.220 e. The molecule has 0 aromatic heterocycles. The van der Waals surface area contributed by atoms with Gasteiger partial charge in [0, 0.05) is 31.6 Å². The molecule has 0 spiro atoms. The van der Waals surface area contributed by atoms with E-state index in [2.05, 4.69) is 29.5 Å². The number of carbonyl (C=O) groups excluding carboxylic acids is 1. The van der Waals surface area contributed by atoms with Gasteiger partial charge < -0.3 is 15.5 Å². The van der Waals surface area contributed by atoms with E-state index in [4.69, 9.17) is 0 Å². The molecule has 2 saturated heterocycles. The van der Waals surface area contributed by atoms with Gasteiger partial charge in [-0.25, -0.2) is 0 Å². The number of likely N-dealkylation sites (tertiary alicyclic amines) is 1. The molecule has 0 radical (unpaired) electrons. The predicted molar refractivity (Wildman–Crippen MR) is 68.9 cm³/mol. The van der Waals surface area contributed by atoms with Crippen LogP contribution in [0.1, 0.15) is 32.6 Å². The molecular weight excluding hydrogens is 214 g/mol. The fourth-order valence-corrected chi connectivity index (χ4v) is 3.00. The first-order valence-corrected chi connectivity index (χ1v) is 6.86. The van der Waals surface area contributed by atoms with Crippen LogP contribution in [0.3, 0.4) is 0 Å². The summed E-state index contributed by atoms with van der Waals surface area (Å²) in [5.41, 5.74) is 0. The smallest absolute Gasteiger partial charge is 0.220 e. The largest absolute Gasteiger partial charge is 0.355 e. The number of piperidine rings is 2. The van der Waals surface area contributed by atoms with Crippen LogP contribution in [0.4, 0.5) is 0 Å². The third-order valence-electron chi connectivity index (χ3n) is 4.13. The molecule has 2 rings (SSSR count). The van der Waals surface area contributed by atoms with Gasteiger partial charge in [-0.2, -0.15) is 0 Å². The number of hydrogen-bond acceptors (Lipinski definition) is 3. The van der Waals surface area contributed by atoms with Crippen LogP contribution >= 0.6 is 0 Å². The molecule has 0 bridgehead atoms. The van der Waals surface area contributed by atoms with Gasteiger partial charge in [0.05, 0.1) is 0 Å².